The zero-order valence-electron chi connectivity index (χ0n) is 12.0. The number of halogens is 1. The van der Waals surface area contributed by atoms with Gasteiger partial charge in [0.15, 0.2) is 0 Å². The number of likely N-dealkylation sites (N-methyl/N-ethyl adjacent to an activating group) is 1. The van der Waals surface area contributed by atoms with Gasteiger partial charge < -0.3 is 16.0 Å². The first kappa shape index (κ1) is 16.0. The SMILES string of the molecule is CN(C)C(CNC(=O)c1ccc(Br)cc1N)c1cccs1. The van der Waals surface area contributed by atoms with E-state index in [9.17, 15) is 4.79 Å². The van der Waals surface area contributed by atoms with Crippen LogP contribution in [0.4, 0.5) is 5.69 Å². The largest absolute Gasteiger partial charge is 0.398 e. The molecule has 0 bridgehead atoms. The van der Waals surface area contributed by atoms with Crippen molar-refractivity contribution in [3.8, 4) is 0 Å². The number of nitrogen functional groups attached to an aromatic ring is 1. The van der Waals surface area contributed by atoms with E-state index in [2.05, 4.69) is 32.2 Å². The second-order valence-electron chi connectivity index (χ2n) is 4.94. The third kappa shape index (κ3) is 4.06. The maximum absolute atomic E-state index is 12.3. The number of hydrogen-bond acceptors (Lipinski definition) is 4. The van der Waals surface area contributed by atoms with Gasteiger partial charge in [-0.15, -0.1) is 11.3 Å². The number of carbonyl (C=O) groups is 1. The molecule has 1 aromatic carbocycles. The molecule has 0 fully saturated rings. The van der Waals surface area contributed by atoms with Crippen LogP contribution in [0.1, 0.15) is 21.3 Å². The molecular formula is C15H18BrN3OS. The summed E-state index contributed by atoms with van der Waals surface area (Å²) in [5.74, 6) is -0.150. The van der Waals surface area contributed by atoms with Crippen LogP contribution in [0, 0.1) is 0 Å². The Hall–Kier alpha value is -1.37. The predicted octanol–water partition coefficient (Wildman–Crippen LogP) is 3.13. The van der Waals surface area contributed by atoms with E-state index >= 15 is 0 Å². The lowest BCUT2D eigenvalue weighted by atomic mass is 10.1. The molecule has 0 aliphatic rings. The Morgan fingerprint density at radius 1 is 1.43 bits per heavy atom. The van der Waals surface area contributed by atoms with E-state index in [-0.39, 0.29) is 11.9 Å². The number of nitrogens with two attached hydrogens (primary N) is 1. The van der Waals surface area contributed by atoms with Gasteiger partial charge in [-0.1, -0.05) is 22.0 Å². The molecule has 1 atom stereocenters. The number of amides is 1. The molecular weight excluding hydrogens is 350 g/mol. The van der Waals surface area contributed by atoms with E-state index in [1.54, 1.807) is 23.5 Å². The second kappa shape index (κ2) is 7.06. The van der Waals surface area contributed by atoms with Crippen LogP contribution in [-0.4, -0.2) is 31.4 Å². The summed E-state index contributed by atoms with van der Waals surface area (Å²) in [6.07, 6.45) is 0. The first-order chi connectivity index (χ1) is 9.99. The van der Waals surface area contributed by atoms with Gasteiger partial charge in [-0.25, -0.2) is 0 Å². The summed E-state index contributed by atoms with van der Waals surface area (Å²) in [5, 5.41) is 5.00. The van der Waals surface area contributed by atoms with Crippen molar-refractivity contribution in [3.05, 3.63) is 50.6 Å². The highest BCUT2D eigenvalue weighted by molar-refractivity contribution is 9.10. The number of nitrogens with one attached hydrogen (secondary N) is 1. The van der Waals surface area contributed by atoms with Gasteiger partial charge in [0.25, 0.3) is 5.91 Å². The summed E-state index contributed by atoms with van der Waals surface area (Å²) in [5.41, 5.74) is 6.86. The van der Waals surface area contributed by atoms with E-state index in [1.807, 2.05) is 31.6 Å². The molecule has 2 rings (SSSR count). The second-order valence-corrected chi connectivity index (χ2v) is 6.83. The van der Waals surface area contributed by atoms with Crippen molar-refractivity contribution in [1.82, 2.24) is 10.2 Å². The lowest BCUT2D eigenvalue weighted by Gasteiger charge is -2.23. The number of rotatable bonds is 5. The van der Waals surface area contributed by atoms with Crippen molar-refractivity contribution >= 4 is 38.9 Å². The summed E-state index contributed by atoms with van der Waals surface area (Å²) < 4.78 is 0.862. The van der Waals surface area contributed by atoms with Crippen LogP contribution in [0.5, 0.6) is 0 Å². The third-order valence-corrected chi connectivity index (χ3v) is 4.68. The van der Waals surface area contributed by atoms with Crippen molar-refractivity contribution in [3.63, 3.8) is 0 Å². The van der Waals surface area contributed by atoms with Gasteiger partial charge in [0, 0.05) is 21.6 Å². The van der Waals surface area contributed by atoms with Crippen molar-refractivity contribution in [2.45, 2.75) is 6.04 Å². The zero-order valence-corrected chi connectivity index (χ0v) is 14.4. The first-order valence-corrected chi connectivity index (χ1v) is 8.19. The zero-order chi connectivity index (χ0) is 15.4. The lowest BCUT2D eigenvalue weighted by molar-refractivity contribution is 0.0943. The molecule has 1 amide bonds. The van der Waals surface area contributed by atoms with Gasteiger partial charge in [0.05, 0.1) is 11.6 Å². The third-order valence-electron chi connectivity index (χ3n) is 3.21. The van der Waals surface area contributed by atoms with Crippen molar-refractivity contribution < 1.29 is 4.79 Å². The molecule has 112 valence electrons. The van der Waals surface area contributed by atoms with Crippen LogP contribution in [0.3, 0.4) is 0 Å². The number of thiophene rings is 1. The van der Waals surface area contributed by atoms with Gasteiger partial charge in [0.2, 0.25) is 0 Å². The molecule has 0 aliphatic heterocycles. The highest BCUT2D eigenvalue weighted by atomic mass is 79.9. The summed E-state index contributed by atoms with van der Waals surface area (Å²) in [6.45, 7) is 0.544. The van der Waals surface area contributed by atoms with Crippen LogP contribution in [0.2, 0.25) is 0 Å². The van der Waals surface area contributed by atoms with Crippen LogP contribution < -0.4 is 11.1 Å². The monoisotopic (exact) mass is 367 g/mol. The van der Waals surface area contributed by atoms with E-state index in [1.165, 1.54) is 4.88 Å². The summed E-state index contributed by atoms with van der Waals surface area (Å²) >= 11 is 5.02. The maximum Gasteiger partial charge on any atom is 0.253 e. The molecule has 2 aromatic rings. The minimum Gasteiger partial charge on any atom is -0.398 e. The summed E-state index contributed by atoms with van der Waals surface area (Å²) in [7, 11) is 4.01. The molecule has 0 saturated heterocycles. The molecule has 1 unspecified atom stereocenters. The molecule has 1 aromatic heterocycles. The van der Waals surface area contributed by atoms with Gasteiger partial charge in [-0.05, 0) is 43.7 Å². The fourth-order valence-electron chi connectivity index (χ4n) is 2.04. The average molecular weight is 368 g/mol. The fourth-order valence-corrected chi connectivity index (χ4v) is 3.34. The molecule has 0 spiro atoms. The Labute approximate surface area is 137 Å². The van der Waals surface area contributed by atoms with Gasteiger partial charge in [0.1, 0.15) is 0 Å². The van der Waals surface area contributed by atoms with Crippen LogP contribution >= 0.6 is 27.3 Å². The first-order valence-electron chi connectivity index (χ1n) is 6.52. The molecule has 3 N–H and O–H groups in total. The van der Waals surface area contributed by atoms with Crippen LogP contribution in [0.15, 0.2) is 40.2 Å². The van der Waals surface area contributed by atoms with E-state index in [0.29, 0.717) is 17.8 Å². The number of hydrogen-bond donors (Lipinski definition) is 2. The van der Waals surface area contributed by atoms with E-state index < -0.39 is 0 Å². The van der Waals surface area contributed by atoms with Crippen molar-refractivity contribution in [2.75, 3.05) is 26.4 Å². The maximum atomic E-state index is 12.3. The lowest BCUT2D eigenvalue weighted by Crippen LogP contribution is -2.34. The number of carbonyl (C=O) groups excluding carboxylic acids is 1. The highest BCUT2D eigenvalue weighted by Gasteiger charge is 2.17. The Morgan fingerprint density at radius 2 is 2.19 bits per heavy atom. The Kier molecular flexibility index (Phi) is 5.39. The summed E-state index contributed by atoms with van der Waals surface area (Å²) in [4.78, 5) is 15.6. The average Bonchev–Trinajstić information content (AvgIpc) is 2.92. The van der Waals surface area contributed by atoms with Crippen LogP contribution in [0.25, 0.3) is 0 Å². The minimum absolute atomic E-state index is 0.150. The number of benzene rings is 1. The van der Waals surface area contributed by atoms with E-state index in [0.717, 1.165) is 4.47 Å². The standard InChI is InChI=1S/C15H18BrN3OS/c1-19(2)13(14-4-3-7-21-14)9-18-15(20)11-6-5-10(16)8-12(11)17/h3-8,13H,9,17H2,1-2H3,(H,18,20). The smallest absolute Gasteiger partial charge is 0.253 e. The fraction of sp³-hybridized carbons (Fsp3) is 0.267. The van der Waals surface area contributed by atoms with Gasteiger partial charge >= 0.3 is 0 Å². The van der Waals surface area contributed by atoms with Crippen molar-refractivity contribution in [2.24, 2.45) is 0 Å². The molecule has 4 nitrogen and oxygen atoms in total. The molecule has 1 heterocycles. The minimum atomic E-state index is -0.150. The van der Waals surface area contributed by atoms with Gasteiger partial charge in [-0.3, -0.25) is 4.79 Å². The summed E-state index contributed by atoms with van der Waals surface area (Å²) in [6, 6.07) is 9.53. The predicted molar refractivity (Wildman–Crippen MR) is 91.6 cm³/mol. The molecule has 0 aliphatic carbocycles. The molecule has 0 radical (unpaired) electrons. The Balaban J connectivity index is 2.05. The number of nitrogens with zero attached hydrogens (tertiary/aromatic N) is 1. The topological polar surface area (TPSA) is 58.4 Å². The highest BCUT2D eigenvalue weighted by Crippen LogP contribution is 2.23. The van der Waals surface area contributed by atoms with Gasteiger partial charge in [-0.2, -0.15) is 0 Å². The molecule has 0 saturated carbocycles. The normalized spacial score (nSPS) is 12.4. The molecule has 6 heteroatoms. The van der Waals surface area contributed by atoms with Crippen molar-refractivity contribution in [1.29, 1.82) is 0 Å². The number of anilines is 1. The quantitative estimate of drug-likeness (QED) is 0.798. The van der Waals surface area contributed by atoms with E-state index in [4.69, 9.17) is 5.73 Å². The molecule has 21 heavy (non-hydrogen) atoms. The van der Waals surface area contributed by atoms with Crippen LogP contribution in [-0.2, 0) is 0 Å². The Morgan fingerprint density at radius 3 is 2.76 bits per heavy atom. The Bertz CT molecular complexity index is 613.